The van der Waals surface area contributed by atoms with Crippen molar-refractivity contribution in [2.45, 2.75) is 39.7 Å². The maximum atomic E-state index is 11.7. The molecule has 0 heterocycles. The van der Waals surface area contributed by atoms with E-state index in [1.807, 2.05) is 45.0 Å². The van der Waals surface area contributed by atoms with Gasteiger partial charge in [-0.3, -0.25) is 9.59 Å². The number of benzene rings is 1. The lowest BCUT2D eigenvalue weighted by molar-refractivity contribution is -0.141. The van der Waals surface area contributed by atoms with Crippen molar-refractivity contribution in [2.75, 3.05) is 13.2 Å². The van der Waals surface area contributed by atoms with Crippen LogP contribution in [-0.4, -0.2) is 36.2 Å². The van der Waals surface area contributed by atoms with Gasteiger partial charge in [-0.2, -0.15) is 0 Å². The number of aryl methyl sites for hydroxylation is 1. The number of carbonyl (C=O) groups excluding carboxylic acids is 1. The SMILES string of the molecule is Cc1cccc(CC(CNC(=O)CCOC(C)C)C(=O)O)c1. The van der Waals surface area contributed by atoms with Crippen molar-refractivity contribution in [3.05, 3.63) is 35.4 Å². The van der Waals surface area contributed by atoms with Gasteiger partial charge in [-0.05, 0) is 32.8 Å². The maximum Gasteiger partial charge on any atom is 0.308 e. The van der Waals surface area contributed by atoms with Crippen molar-refractivity contribution in [1.29, 1.82) is 0 Å². The van der Waals surface area contributed by atoms with Gasteiger partial charge in [-0.15, -0.1) is 0 Å². The van der Waals surface area contributed by atoms with Crippen LogP contribution in [0.5, 0.6) is 0 Å². The first-order valence-corrected chi connectivity index (χ1v) is 7.55. The molecule has 5 heteroatoms. The number of nitrogens with one attached hydrogen (secondary N) is 1. The lowest BCUT2D eigenvalue weighted by atomic mass is 9.98. The lowest BCUT2D eigenvalue weighted by Gasteiger charge is -2.14. The average Bonchev–Trinajstić information content (AvgIpc) is 2.42. The molecule has 1 unspecified atom stereocenters. The third-order valence-electron chi connectivity index (χ3n) is 3.24. The number of rotatable bonds is 9. The summed E-state index contributed by atoms with van der Waals surface area (Å²) < 4.78 is 5.30. The summed E-state index contributed by atoms with van der Waals surface area (Å²) in [6.07, 6.45) is 0.732. The van der Waals surface area contributed by atoms with Gasteiger partial charge in [0.05, 0.1) is 18.6 Å². The summed E-state index contributed by atoms with van der Waals surface area (Å²) in [4.78, 5) is 23.0. The molecule has 0 saturated heterocycles. The number of hydrogen-bond acceptors (Lipinski definition) is 3. The zero-order valence-electron chi connectivity index (χ0n) is 13.5. The molecule has 1 aromatic rings. The zero-order valence-corrected chi connectivity index (χ0v) is 13.5. The monoisotopic (exact) mass is 307 g/mol. The van der Waals surface area contributed by atoms with Crippen molar-refractivity contribution in [3.63, 3.8) is 0 Å². The minimum absolute atomic E-state index is 0.0842. The number of ether oxygens (including phenoxy) is 1. The quantitative estimate of drug-likeness (QED) is 0.733. The van der Waals surface area contributed by atoms with E-state index in [4.69, 9.17) is 4.74 Å². The molecule has 122 valence electrons. The van der Waals surface area contributed by atoms with Crippen LogP contribution in [0.25, 0.3) is 0 Å². The molecule has 0 aliphatic heterocycles. The normalized spacial score (nSPS) is 12.2. The summed E-state index contributed by atoms with van der Waals surface area (Å²) in [5, 5.41) is 12.0. The predicted molar refractivity (Wildman–Crippen MR) is 84.7 cm³/mol. The van der Waals surface area contributed by atoms with E-state index < -0.39 is 11.9 Å². The standard InChI is InChI=1S/C17H25NO4/c1-12(2)22-8-7-16(19)18-11-15(17(20)21)10-14-6-4-5-13(3)9-14/h4-6,9,12,15H,7-8,10-11H2,1-3H3,(H,18,19)(H,20,21). The molecule has 0 aliphatic rings. The summed E-state index contributed by atoms with van der Waals surface area (Å²) in [5.41, 5.74) is 2.06. The van der Waals surface area contributed by atoms with Crippen LogP contribution in [0.4, 0.5) is 0 Å². The van der Waals surface area contributed by atoms with Gasteiger partial charge in [0.15, 0.2) is 0 Å². The molecule has 0 radical (unpaired) electrons. The van der Waals surface area contributed by atoms with E-state index in [1.165, 1.54) is 0 Å². The number of carboxylic acids is 1. The topological polar surface area (TPSA) is 75.6 Å². The number of hydrogen-bond donors (Lipinski definition) is 2. The van der Waals surface area contributed by atoms with E-state index in [-0.39, 0.29) is 25.0 Å². The second kappa shape index (κ2) is 9.20. The number of aliphatic carboxylic acids is 1. The minimum atomic E-state index is -0.903. The Balaban J connectivity index is 2.44. The van der Waals surface area contributed by atoms with Crippen LogP contribution in [0.15, 0.2) is 24.3 Å². The summed E-state index contributed by atoms with van der Waals surface area (Å²) in [6.45, 7) is 6.25. The molecule has 5 nitrogen and oxygen atoms in total. The number of carbonyl (C=O) groups is 2. The molecule has 0 aromatic heterocycles. The molecule has 0 saturated carbocycles. The largest absolute Gasteiger partial charge is 0.481 e. The third-order valence-corrected chi connectivity index (χ3v) is 3.24. The van der Waals surface area contributed by atoms with Crippen LogP contribution < -0.4 is 5.32 Å². The zero-order chi connectivity index (χ0) is 16.5. The fraction of sp³-hybridized carbons (Fsp3) is 0.529. The predicted octanol–water partition coefficient (Wildman–Crippen LogP) is 2.17. The molecule has 1 rings (SSSR count). The Morgan fingerprint density at radius 2 is 2.05 bits per heavy atom. The Kier molecular flexibility index (Phi) is 7.60. The first-order valence-electron chi connectivity index (χ1n) is 7.55. The van der Waals surface area contributed by atoms with Crippen LogP contribution in [0.1, 0.15) is 31.4 Å². The molecule has 0 aliphatic carbocycles. The van der Waals surface area contributed by atoms with Crippen LogP contribution in [0.3, 0.4) is 0 Å². The molecule has 1 aromatic carbocycles. The van der Waals surface area contributed by atoms with Gasteiger partial charge in [0, 0.05) is 13.0 Å². The number of carboxylic acid groups (broad SMARTS) is 1. The van der Waals surface area contributed by atoms with Crippen molar-refractivity contribution in [2.24, 2.45) is 5.92 Å². The summed E-state index contributed by atoms with van der Waals surface area (Å²) in [7, 11) is 0. The smallest absolute Gasteiger partial charge is 0.308 e. The van der Waals surface area contributed by atoms with E-state index >= 15 is 0 Å². The van der Waals surface area contributed by atoms with E-state index in [1.54, 1.807) is 0 Å². The molecular weight excluding hydrogens is 282 g/mol. The fourth-order valence-electron chi connectivity index (χ4n) is 2.08. The Morgan fingerprint density at radius 1 is 1.32 bits per heavy atom. The van der Waals surface area contributed by atoms with Crippen LogP contribution >= 0.6 is 0 Å². The first kappa shape index (κ1) is 18.2. The molecule has 1 amide bonds. The Hall–Kier alpha value is -1.88. The highest BCUT2D eigenvalue weighted by Crippen LogP contribution is 2.11. The van der Waals surface area contributed by atoms with Gasteiger partial charge < -0.3 is 15.2 Å². The molecule has 1 atom stereocenters. The Labute approximate surface area is 131 Å². The van der Waals surface area contributed by atoms with Gasteiger partial charge in [0.2, 0.25) is 5.91 Å². The highest BCUT2D eigenvalue weighted by atomic mass is 16.5. The van der Waals surface area contributed by atoms with Crippen LogP contribution in [0.2, 0.25) is 0 Å². The van der Waals surface area contributed by atoms with E-state index in [2.05, 4.69) is 5.32 Å². The molecule has 22 heavy (non-hydrogen) atoms. The van der Waals surface area contributed by atoms with E-state index in [0.29, 0.717) is 13.0 Å². The van der Waals surface area contributed by atoms with Crippen molar-refractivity contribution < 1.29 is 19.4 Å². The lowest BCUT2D eigenvalue weighted by Crippen LogP contribution is -2.34. The second-order valence-electron chi connectivity index (χ2n) is 5.70. The van der Waals surface area contributed by atoms with Gasteiger partial charge in [0.25, 0.3) is 0 Å². The third kappa shape index (κ3) is 7.22. The first-order chi connectivity index (χ1) is 10.4. The highest BCUT2D eigenvalue weighted by molar-refractivity contribution is 5.77. The van der Waals surface area contributed by atoms with Gasteiger partial charge in [0.1, 0.15) is 0 Å². The molecule has 0 fully saturated rings. The molecular formula is C17H25NO4. The van der Waals surface area contributed by atoms with Crippen LogP contribution in [-0.2, 0) is 20.7 Å². The molecule has 2 N–H and O–H groups in total. The van der Waals surface area contributed by atoms with Crippen molar-refractivity contribution >= 4 is 11.9 Å². The van der Waals surface area contributed by atoms with Crippen molar-refractivity contribution in [3.8, 4) is 0 Å². The summed E-state index contributed by atoms with van der Waals surface area (Å²) in [6, 6.07) is 7.75. The Morgan fingerprint density at radius 3 is 2.64 bits per heavy atom. The van der Waals surface area contributed by atoms with Gasteiger partial charge >= 0.3 is 5.97 Å². The summed E-state index contributed by atoms with van der Waals surface area (Å²) >= 11 is 0. The molecule has 0 spiro atoms. The van der Waals surface area contributed by atoms with E-state index in [9.17, 15) is 14.7 Å². The maximum absolute atomic E-state index is 11.7. The second-order valence-corrected chi connectivity index (χ2v) is 5.70. The van der Waals surface area contributed by atoms with Gasteiger partial charge in [-0.1, -0.05) is 29.8 Å². The van der Waals surface area contributed by atoms with Gasteiger partial charge in [-0.25, -0.2) is 0 Å². The van der Waals surface area contributed by atoms with E-state index in [0.717, 1.165) is 11.1 Å². The number of amides is 1. The van der Waals surface area contributed by atoms with Crippen LogP contribution in [0, 0.1) is 12.8 Å². The Bertz CT molecular complexity index is 499. The average molecular weight is 307 g/mol. The minimum Gasteiger partial charge on any atom is -0.481 e. The summed E-state index contributed by atoms with van der Waals surface area (Å²) in [5.74, 6) is -1.71. The van der Waals surface area contributed by atoms with Crippen molar-refractivity contribution in [1.82, 2.24) is 5.32 Å². The fourth-order valence-corrected chi connectivity index (χ4v) is 2.08. The highest BCUT2D eigenvalue weighted by Gasteiger charge is 2.19. The molecule has 0 bridgehead atoms.